The van der Waals surface area contributed by atoms with E-state index in [1.54, 1.807) is 13.8 Å². The van der Waals surface area contributed by atoms with Crippen LogP contribution in [0.2, 0.25) is 0 Å². The fraction of sp³-hybridized carbons (Fsp3) is 0.529. The minimum atomic E-state index is -1.11. The van der Waals surface area contributed by atoms with Crippen molar-refractivity contribution in [2.75, 3.05) is 0 Å². The van der Waals surface area contributed by atoms with Crippen LogP contribution in [0.1, 0.15) is 51.2 Å². The van der Waals surface area contributed by atoms with Crippen LogP contribution < -0.4 is 0 Å². The van der Waals surface area contributed by atoms with Crippen LogP contribution in [0.15, 0.2) is 36.4 Å². The molecule has 0 saturated heterocycles. The number of benzene rings is 1. The van der Waals surface area contributed by atoms with Crippen molar-refractivity contribution in [1.29, 1.82) is 0 Å². The van der Waals surface area contributed by atoms with Gasteiger partial charge >= 0.3 is 0 Å². The lowest BCUT2D eigenvalue weighted by Gasteiger charge is -2.11. The standard InChI is InChI=1S/C17H24FI/c1-13(2)15-9-7-14(8-10-15)12-16(19)6-5-11-17(3,4)18/h5-10,13,16H,11-12H2,1-4H3/b6-5+. The lowest BCUT2D eigenvalue weighted by atomic mass is 10.00. The van der Waals surface area contributed by atoms with Crippen LogP contribution >= 0.6 is 22.6 Å². The molecular weight excluding hydrogens is 350 g/mol. The van der Waals surface area contributed by atoms with Gasteiger partial charge in [-0.05, 0) is 43.7 Å². The van der Waals surface area contributed by atoms with Crippen LogP contribution in [0, 0.1) is 0 Å². The summed E-state index contributed by atoms with van der Waals surface area (Å²) in [4.78, 5) is 0. The Balaban J connectivity index is 2.50. The first-order valence-electron chi connectivity index (χ1n) is 6.86. The molecule has 0 saturated carbocycles. The Kier molecular flexibility index (Phi) is 6.51. The Labute approximate surface area is 130 Å². The predicted octanol–water partition coefficient (Wildman–Crippen LogP) is 5.85. The highest BCUT2D eigenvalue weighted by atomic mass is 127. The molecule has 0 spiro atoms. The van der Waals surface area contributed by atoms with E-state index in [2.05, 4.69) is 66.8 Å². The molecule has 0 aromatic heterocycles. The number of rotatable bonds is 6. The van der Waals surface area contributed by atoms with Gasteiger partial charge in [-0.15, -0.1) is 0 Å². The van der Waals surface area contributed by atoms with Crippen LogP contribution in [0.25, 0.3) is 0 Å². The van der Waals surface area contributed by atoms with Gasteiger partial charge in [-0.1, -0.05) is 72.9 Å². The first kappa shape index (κ1) is 16.7. The minimum absolute atomic E-state index is 0.421. The average molecular weight is 374 g/mol. The average Bonchev–Trinajstić information content (AvgIpc) is 2.27. The lowest BCUT2D eigenvalue weighted by Crippen LogP contribution is -2.09. The van der Waals surface area contributed by atoms with E-state index in [1.165, 1.54) is 11.1 Å². The van der Waals surface area contributed by atoms with Gasteiger partial charge in [0, 0.05) is 3.92 Å². The summed E-state index contributed by atoms with van der Waals surface area (Å²) < 4.78 is 13.8. The molecule has 0 fully saturated rings. The van der Waals surface area contributed by atoms with Gasteiger partial charge in [0.1, 0.15) is 5.67 Å². The topological polar surface area (TPSA) is 0 Å². The zero-order valence-corrected chi connectivity index (χ0v) is 14.4. The fourth-order valence-corrected chi connectivity index (χ4v) is 2.63. The molecule has 0 bridgehead atoms. The van der Waals surface area contributed by atoms with E-state index in [1.807, 2.05) is 6.08 Å². The number of alkyl halides is 2. The van der Waals surface area contributed by atoms with E-state index in [-0.39, 0.29) is 0 Å². The Morgan fingerprint density at radius 2 is 1.79 bits per heavy atom. The van der Waals surface area contributed by atoms with Crippen molar-refractivity contribution in [2.45, 2.75) is 56.0 Å². The highest BCUT2D eigenvalue weighted by Gasteiger charge is 2.12. The molecule has 1 atom stereocenters. The van der Waals surface area contributed by atoms with Crippen LogP contribution in [-0.4, -0.2) is 9.59 Å². The smallest absolute Gasteiger partial charge is 0.108 e. The molecule has 0 heterocycles. The van der Waals surface area contributed by atoms with Crippen molar-refractivity contribution in [3.63, 3.8) is 0 Å². The molecule has 0 radical (unpaired) electrons. The van der Waals surface area contributed by atoms with Gasteiger partial charge in [0.2, 0.25) is 0 Å². The van der Waals surface area contributed by atoms with Crippen molar-refractivity contribution >= 4 is 22.6 Å². The predicted molar refractivity (Wildman–Crippen MR) is 91.0 cm³/mol. The highest BCUT2D eigenvalue weighted by molar-refractivity contribution is 14.1. The van der Waals surface area contributed by atoms with Gasteiger partial charge in [-0.3, -0.25) is 0 Å². The summed E-state index contributed by atoms with van der Waals surface area (Å²) in [6, 6.07) is 8.82. The summed E-state index contributed by atoms with van der Waals surface area (Å²) in [6.07, 6.45) is 5.55. The first-order chi connectivity index (χ1) is 8.78. The summed E-state index contributed by atoms with van der Waals surface area (Å²) in [6.45, 7) is 7.64. The van der Waals surface area contributed by atoms with Gasteiger partial charge in [0.25, 0.3) is 0 Å². The number of hydrogen-bond acceptors (Lipinski definition) is 0. The molecule has 1 unspecified atom stereocenters. The first-order valence-corrected chi connectivity index (χ1v) is 8.11. The molecule has 0 nitrogen and oxygen atoms in total. The number of hydrogen-bond donors (Lipinski definition) is 0. The van der Waals surface area contributed by atoms with Crippen molar-refractivity contribution in [3.05, 3.63) is 47.5 Å². The molecule has 0 N–H and O–H groups in total. The molecule has 0 amide bonds. The van der Waals surface area contributed by atoms with Crippen molar-refractivity contribution in [3.8, 4) is 0 Å². The van der Waals surface area contributed by atoms with Gasteiger partial charge < -0.3 is 0 Å². The fourth-order valence-electron chi connectivity index (χ4n) is 1.83. The van der Waals surface area contributed by atoms with E-state index >= 15 is 0 Å². The van der Waals surface area contributed by atoms with E-state index < -0.39 is 5.67 Å². The molecule has 106 valence electrons. The number of allylic oxidation sites excluding steroid dienone is 2. The van der Waals surface area contributed by atoms with Crippen molar-refractivity contribution < 1.29 is 4.39 Å². The maximum atomic E-state index is 13.3. The minimum Gasteiger partial charge on any atom is -0.244 e. The van der Waals surface area contributed by atoms with Crippen LogP contribution in [0.3, 0.4) is 0 Å². The monoisotopic (exact) mass is 374 g/mol. The summed E-state index contributed by atoms with van der Waals surface area (Å²) >= 11 is 2.41. The highest BCUT2D eigenvalue weighted by Crippen LogP contribution is 2.19. The molecule has 1 aromatic carbocycles. The van der Waals surface area contributed by atoms with E-state index in [0.717, 1.165) is 6.42 Å². The normalized spacial score (nSPS) is 14.3. The summed E-state index contributed by atoms with van der Waals surface area (Å²) in [5.41, 5.74) is 1.61. The van der Waals surface area contributed by atoms with Crippen LogP contribution in [0.5, 0.6) is 0 Å². The Bertz CT molecular complexity index is 398. The Morgan fingerprint density at radius 1 is 1.21 bits per heavy atom. The SMILES string of the molecule is CC(C)c1ccc(CC(I)/C=C/CC(C)(C)F)cc1. The zero-order chi connectivity index (χ0) is 14.5. The van der Waals surface area contributed by atoms with Crippen LogP contribution in [-0.2, 0) is 6.42 Å². The summed E-state index contributed by atoms with van der Waals surface area (Å²) in [7, 11) is 0. The number of halogens is 2. The third-order valence-corrected chi connectivity index (χ3v) is 3.88. The summed E-state index contributed by atoms with van der Waals surface area (Å²) in [5, 5.41) is 0. The second-order valence-electron chi connectivity index (χ2n) is 5.97. The third kappa shape index (κ3) is 7.09. The van der Waals surface area contributed by atoms with Gasteiger partial charge in [0.05, 0.1) is 0 Å². The van der Waals surface area contributed by atoms with Crippen molar-refractivity contribution in [2.24, 2.45) is 0 Å². The molecule has 2 heteroatoms. The second kappa shape index (κ2) is 7.41. The molecule has 0 aliphatic heterocycles. The Morgan fingerprint density at radius 3 is 2.26 bits per heavy atom. The van der Waals surface area contributed by atoms with Gasteiger partial charge in [-0.25, -0.2) is 4.39 Å². The molecule has 0 aliphatic carbocycles. The molecule has 1 rings (SSSR count). The maximum Gasteiger partial charge on any atom is 0.108 e. The van der Waals surface area contributed by atoms with Gasteiger partial charge in [0.15, 0.2) is 0 Å². The molecule has 1 aromatic rings. The zero-order valence-electron chi connectivity index (χ0n) is 12.3. The van der Waals surface area contributed by atoms with Gasteiger partial charge in [-0.2, -0.15) is 0 Å². The largest absolute Gasteiger partial charge is 0.244 e. The third-order valence-electron chi connectivity index (χ3n) is 3.03. The quantitative estimate of drug-likeness (QED) is 0.333. The summed E-state index contributed by atoms with van der Waals surface area (Å²) in [5.74, 6) is 0.580. The Hall–Kier alpha value is -0.380. The molecule has 19 heavy (non-hydrogen) atoms. The van der Waals surface area contributed by atoms with E-state index in [9.17, 15) is 4.39 Å². The van der Waals surface area contributed by atoms with Crippen LogP contribution in [0.4, 0.5) is 4.39 Å². The molecular formula is C17H24FI. The molecule has 0 aliphatic rings. The maximum absolute atomic E-state index is 13.3. The van der Waals surface area contributed by atoms with E-state index in [4.69, 9.17) is 0 Å². The van der Waals surface area contributed by atoms with E-state index in [0.29, 0.717) is 16.3 Å². The second-order valence-corrected chi connectivity index (χ2v) is 7.57. The van der Waals surface area contributed by atoms with Crippen molar-refractivity contribution in [1.82, 2.24) is 0 Å². The lowest BCUT2D eigenvalue weighted by molar-refractivity contribution is 0.221.